The van der Waals surface area contributed by atoms with Crippen molar-refractivity contribution in [2.24, 2.45) is 0 Å². The fourth-order valence-corrected chi connectivity index (χ4v) is 2.51. The lowest BCUT2D eigenvalue weighted by Crippen LogP contribution is -2.01. The molecule has 0 saturated heterocycles. The molecule has 0 radical (unpaired) electrons. The van der Waals surface area contributed by atoms with Crippen LogP contribution in [0.2, 0.25) is 0 Å². The average Bonchev–Trinajstić information content (AvgIpc) is 2.67. The molecule has 0 N–H and O–H groups in total. The molecule has 3 rings (SSSR count). The van der Waals surface area contributed by atoms with E-state index < -0.39 is 9.85 Å². The normalized spacial score (nSPS) is 10.3. The molecule has 0 fully saturated rings. The van der Waals surface area contributed by atoms with E-state index in [2.05, 4.69) is 0 Å². The van der Waals surface area contributed by atoms with Gasteiger partial charge in [-0.05, 0) is 23.3 Å². The zero-order valence-electron chi connectivity index (χ0n) is 13.4. The summed E-state index contributed by atoms with van der Waals surface area (Å²) in [6.07, 6.45) is 0. The molecule has 0 spiro atoms. The highest BCUT2D eigenvalue weighted by molar-refractivity contribution is 6.09. The second-order valence-corrected chi connectivity index (χ2v) is 5.52. The first-order valence-corrected chi connectivity index (χ1v) is 7.60. The van der Waals surface area contributed by atoms with Crippen LogP contribution in [0, 0.1) is 20.2 Å². The minimum absolute atomic E-state index is 0.00599. The highest BCUT2D eigenvalue weighted by atomic mass is 16.6. The SMILES string of the molecule is O=C(c1ccc(-c2cccc([N+](=O)[O-])c2)cc1)c1ccc([N+](=O)[O-])cc1. The van der Waals surface area contributed by atoms with Crippen molar-refractivity contribution >= 4 is 17.2 Å². The van der Waals surface area contributed by atoms with Crippen LogP contribution >= 0.6 is 0 Å². The van der Waals surface area contributed by atoms with Crippen LogP contribution < -0.4 is 0 Å². The van der Waals surface area contributed by atoms with Gasteiger partial charge in [0.2, 0.25) is 0 Å². The maximum absolute atomic E-state index is 12.5. The molecular formula is C19H12N2O5. The summed E-state index contributed by atoms with van der Waals surface area (Å²) in [4.78, 5) is 33.0. The molecule has 26 heavy (non-hydrogen) atoms. The van der Waals surface area contributed by atoms with Gasteiger partial charge in [0, 0.05) is 35.4 Å². The van der Waals surface area contributed by atoms with Gasteiger partial charge in [0.25, 0.3) is 11.4 Å². The van der Waals surface area contributed by atoms with Crippen molar-refractivity contribution in [3.8, 4) is 11.1 Å². The summed E-state index contributed by atoms with van der Waals surface area (Å²) in [6.45, 7) is 0. The van der Waals surface area contributed by atoms with Crippen molar-refractivity contribution in [3.63, 3.8) is 0 Å². The van der Waals surface area contributed by atoms with E-state index in [0.717, 1.165) is 5.56 Å². The van der Waals surface area contributed by atoms with Gasteiger partial charge in [-0.2, -0.15) is 0 Å². The van der Waals surface area contributed by atoms with Crippen LogP contribution in [0.4, 0.5) is 11.4 Å². The first kappa shape index (κ1) is 17.0. The van der Waals surface area contributed by atoms with E-state index >= 15 is 0 Å². The Morgan fingerprint density at radius 1 is 0.654 bits per heavy atom. The number of nitro groups is 2. The van der Waals surface area contributed by atoms with Gasteiger partial charge in [0.05, 0.1) is 9.85 Å². The quantitative estimate of drug-likeness (QED) is 0.386. The summed E-state index contributed by atoms with van der Waals surface area (Å²) in [6, 6.07) is 18.3. The third-order valence-corrected chi connectivity index (χ3v) is 3.88. The number of benzene rings is 3. The van der Waals surface area contributed by atoms with Gasteiger partial charge >= 0.3 is 0 Å². The highest BCUT2D eigenvalue weighted by Crippen LogP contribution is 2.25. The van der Waals surface area contributed by atoms with Crippen molar-refractivity contribution in [2.75, 3.05) is 0 Å². The Morgan fingerprint density at radius 2 is 1.19 bits per heavy atom. The molecule has 0 atom stereocenters. The summed E-state index contributed by atoms with van der Waals surface area (Å²) in [5, 5.41) is 21.5. The smallest absolute Gasteiger partial charge is 0.270 e. The molecule has 0 aliphatic carbocycles. The van der Waals surface area contributed by atoms with Gasteiger partial charge in [0.1, 0.15) is 0 Å². The van der Waals surface area contributed by atoms with Gasteiger partial charge in [-0.25, -0.2) is 0 Å². The lowest BCUT2D eigenvalue weighted by atomic mass is 9.99. The van der Waals surface area contributed by atoms with Crippen molar-refractivity contribution < 1.29 is 14.6 Å². The Kier molecular flexibility index (Phi) is 4.53. The van der Waals surface area contributed by atoms with Gasteiger partial charge in [-0.15, -0.1) is 0 Å². The number of non-ortho nitro benzene ring substituents is 2. The molecule has 3 aromatic rings. The fourth-order valence-electron chi connectivity index (χ4n) is 2.51. The zero-order chi connectivity index (χ0) is 18.7. The summed E-state index contributed by atoms with van der Waals surface area (Å²) < 4.78 is 0. The van der Waals surface area contributed by atoms with E-state index in [1.54, 1.807) is 36.4 Å². The standard InChI is InChI=1S/C19H12N2O5/c22-19(15-8-10-17(11-9-15)20(23)24)14-6-4-13(5-7-14)16-2-1-3-18(12-16)21(25)26/h1-12H. The Balaban J connectivity index is 1.85. The topological polar surface area (TPSA) is 103 Å². The minimum atomic E-state index is -0.526. The number of hydrogen-bond acceptors (Lipinski definition) is 5. The second-order valence-electron chi connectivity index (χ2n) is 5.52. The van der Waals surface area contributed by atoms with E-state index in [0.29, 0.717) is 16.7 Å². The molecule has 0 aliphatic heterocycles. The maximum Gasteiger partial charge on any atom is 0.270 e. The first-order chi connectivity index (χ1) is 12.5. The number of ketones is 1. The van der Waals surface area contributed by atoms with Gasteiger partial charge in [0.15, 0.2) is 5.78 Å². The predicted molar refractivity (Wildman–Crippen MR) is 95.1 cm³/mol. The number of rotatable bonds is 5. The molecule has 0 bridgehead atoms. The largest absolute Gasteiger partial charge is 0.289 e. The summed E-state index contributed by atoms with van der Waals surface area (Å²) in [5.41, 5.74) is 2.10. The van der Waals surface area contributed by atoms with Crippen LogP contribution in [0.25, 0.3) is 11.1 Å². The van der Waals surface area contributed by atoms with Gasteiger partial charge in [-0.1, -0.05) is 36.4 Å². The molecule has 128 valence electrons. The third-order valence-electron chi connectivity index (χ3n) is 3.88. The lowest BCUT2D eigenvalue weighted by molar-refractivity contribution is -0.385. The molecule has 0 amide bonds. The summed E-state index contributed by atoms with van der Waals surface area (Å²) >= 11 is 0. The van der Waals surface area contributed by atoms with Crippen LogP contribution in [-0.2, 0) is 0 Å². The number of carbonyl (C=O) groups excluding carboxylic acids is 1. The average molecular weight is 348 g/mol. The summed E-state index contributed by atoms with van der Waals surface area (Å²) in [5.74, 6) is -0.259. The number of nitrogens with zero attached hydrogens (tertiary/aromatic N) is 2. The van der Waals surface area contributed by atoms with Crippen molar-refractivity contribution in [3.05, 3.63) is 104 Å². The van der Waals surface area contributed by atoms with Crippen LogP contribution in [-0.4, -0.2) is 15.6 Å². The van der Waals surface area contributed by atoms with Gasteiger partial charge in [-0.3, -0.25) is 25.0 Å². The Hall–Kier alpha value is -3.87. The number of hydrogen-bond donors (Lipinski definition) is 0. The van der Waals surface area contributed by atoms with E-state index in [1.165, 1.54) is 36.4 Å². The minimum Gasteiger partial charge on any atom is -0.289 e. The van der Waals surface area contributed by atoms with E-state index in [9.17, 15) is 25.0 Å². The highest BCUT2D eigenvalue weighted by Gasteiger charge is 2.12. The van der Waals surface area contributed by atoms with E-state index in [1.807, 2.05) is 0 Å². The lowest BCUT2D eigenvalue weighted by Gasteiger charge is -2.05. The Bertz CT molecular complexity index is 995. The molecular weight excluding hydrogens is 336 g/mol. The Morgan fingerprint density at radius 3 is 1.73 bits per heavy atom. The van der Waals surface area contributed by atoms with Crippen LogP contribution in [0.15, 0.2) is 72.8 Å². The zero-order valence-corrected chi connectivity index (χ0v) is 13.4. The molecule has 7 heteroatoms. The van der Waals surface area contributed by atoms with Gasteiger partial charge < -0.3 is 0 Å². The predicted octanol–water partition coefficient (Wildman–Crippen LogP) is 4.40. The Labute approximate surface area is 147 Å². The molecule has 0 heterocycles. The van der Waals surface area contributed by atoms with Crippen molar-refractivity contribution in [1.29, 1.82) is 0 Å². The van der Waals surface area contributed by atoms with Crippen LogP contribution in [0.1, 0.15) is 15.9 Å². The summed E-state index contributed by atoms with van der Waals surface area (Å²) in [7, 11) is 0. The fraction of sp³-hybridized carbons (Fsp3) is 0. The van der Waals surface area contributed by atoms with Crippen LogP contribution in [0.5, 0.6) is 0 Å². The molecule has 0 saturated carbocycles. The van der Waals surface area contributed by atoms with E-state index in [4.69, 9.17) is 0 Å². The molecule has 0 unspecified atom stereocenters. The number of nitro benzene ring substituents is 2. The van der Waals surface area contributed by atoms with E-state index in [-0.39, 0.29) is 17.2 Å². The molecule has 7 nitrogen and oxygen atoms in total. The molecule has 0 aromatic heterocycles. The number of carbonyl (C=O) groups is 1. The first-order valence-electron chi connectivity index (χ1n) is 7.60. The maximum atomic E-state index is 12.5. The van der Waals surface area contributed by atoms with Crippen molar-refractivity contribution in [1.82, 2.24) is 0 Å². The van der Waals surface area contributed by atoms with Crippen molar-refractivity contribution in [2.45, 2.75) is 0 Å². The third kappa shape index (κ3) is 3.46. The monoisotopic (exact) mass is 348 g/mol. The molecule has 3 aromatic carbocycles. The molecule has 0 aliphatic rings. The van der Waals surface area contributed by atoms with Crippen LogP contribution in [0.3, 0.4) is 0 Å². The second kappa shape index (κ2) is 6.94.